The highest BCUT2D eigenvalue weighted by Crippen LogP contribution is 2.14. The molecule has 0 aliphatic rings. The molecule has 0 spiro atoms. The summed E-state index contributed by atoms with van der Waals surface area (Å²) in [4.78, 5) is 8.56. The van der Waals surface area contributed by atoms with Crippen LogP contribution in [0.4, 0.5) is 0 Å². The second-order valence-corrected chi connectivity index (χ2v) is 3.92. The molecule has 0 saturated carbocycles. The van der Waals surface area contributed by atoms with Crippen LogP contribution in [0, 0.1) is 0 Å². The maximum Gasteiger partial charge on any atom is 0.190 e. The number of nitrogens with two attached hydrogens (primary N) is 1. The van der Waals surface area contributed by atoms with E-state index in [0.717, 1.165) is 24.5 Å². The van der Waals surface area contributed by atoms with Crippen molar-refractivity contribution in [1.82, 2.24) is 19.7 Å². The number of hydrogen-bond donors (Lipinski definition) is 2. The van der Waals surface area contributed by atoms with E-state index in [1.54, 1.807) is 16.9 Å². The SMILES string of the molecule is CCc1nc(CC)n(-c2cccnc2/C(N)=N/O)n1. The quantitative estimate of drug-likeness (QED) is 0.368. The highest BCUT2D eigenvalue weighted by molar-refractivity contribution is 5.98. The van der Waals surface area contributed by atoms with Gasteiger partial charge in [0.1, 0.15) is 11.5 Å². The molecule has 19 heavy (non-hydrogen) atoms. The van der Waals surface area contributed by atoms with Crippen molar-refractivity contribution in [1.29, 1.82) is 0 Å². The molecule has 0 bridgehead atoms. The van der Waals surface area contributed by atoms with Crippen molar-refractivity contribution in [2.75, 3.05) is 0 Å². The molecule has 0 amide bonds. The molecule has 0 aliphatic carbocycles. The summed E-state index contributed by atoms with van der Waals surface area (Å²) in [5, 5.41) is 16.2. The standard InChI is InChI=1S/C12H16N6O/c1-3-9-15-10(4-2)18(16-9)8-6-5-7-14-11(8)12(13)17-19/h5-7,19H,3-4H2,1-2H3,(H2,13,17). The van der Waals surface area contributed by atoms with Crippen LogP contribution in [0.5, 0.6) is 0 Å². The van der Waals surface area contributed by atoms with Gasteiger partial charge in [0.2, 0.25) is 0 Å². The van der Waals surface area contributed by atoms with Crippen LogP contribution in [0.25, 0.3) is 5.69 Å². The second-order valence-electron chi connectivity index (χ2n) is 3.92. The fourth-order valence-corrected chi connectivity index (χ4v) is 1.78. The molecule has 2 rings (SSSR count). The van der Waals surface area contributed by atoms with Crippen molar-refractivity contribution in [2.24, 2.45) is 10.9 Å². The maximum atomic E-state index is 8.82. The minimum atomic E-state index is -0.0498. The Bertz CT molecular complexity index is 604. The van der Waals surface area contributed by atoms with Gasteiger partial charge in [-0.3, -0.25) is 4.98 Å². The molecule has 0 aliphatic heterocycles. The van der Waals surface area contributed by atoms with Gasteiger partial charge < -0.3 is 10.9 Å². The minimum Gasteiger partial charge on any atom is -0.409 e. The molecule has 7 heteroatoms. The number of pyridine rings is 1. The predicted molar refractivity (Wildman–Crippen MR) is 70.4 cm³/mol. The number of hydrogen-bond acceptors (Lipinski definition) is 5. The van der Waals surface area contributed by atoms with E-state index in [4.69, 9.17) is 10.9 Å². The van der Waals surface area contributed by atoms with Crippen LogP contribution in [0.15, 0.2) is 23.5 Å². The van der Waals surface area contributed by atoms with E-state index in [1.807, 2.05) is 19.9 Å². The van der Waals surface area contributed by atoms with E-state index in [9.17, 15) is 0 Å². The lowest BCUT2D eigenvalue weighted by Crippen LogP contribution is -2.19. The van der Waals surface area contributed by atoms with Gasteiger partial charge in [-0.05, 0) is 12.1 Å². The van der Waals surface area contributed by atoms with E-state index in [0.29, 0.717) is 11.4 Å². The molecule has 2 aromatic heterocycles. The Morgan fingerprint density at radius 1 is 1.42 bits per heavy atom. The van der Waals surface area contributed by atoms with Crippen molar-refractivity contribution in [3.8, 4) is 5.69 Å². The second kappa shape index (κ2) is 5.47. The summed E-state index contributed by atoms with van der Waals surface area (Å²) < 4.78 is 1.69. The van der Waals surface area contributed by atoms with Gasteiger partial charge in [-0.1, -0.05) is 19.0 Å². The fraction of sp³-hybridized carbons (Fsp3) is 0.333. The lowest BCUT2D eigenvalue weighted by Gasteiger charge is -2.08. The van der Waals surface area contributed by atoms with Crippen LogP contribution in [0.3, 0.4) is 0 Å². The molecule has 0 aromatic carbocycles. The van der Waals surface area contributed by atoms with Crippen molar-refractivity contribution < 1.29 is 5.21 Å². The first-order valence-electron chi connectivity index (χ1n) is 6.09. The first-order valence-corrected chi connectivity index (χ1v) is 6.09. The molecule has 2 heterocycles. The average molecular weight is 260 g/mol. The number of nitrogens with zero attached hydrogens (tertiary/aromatic N) is 5. The summed E-state index contributed by atoms with van der Waals surface area (Å²) in [5.74, 6) is 1.52. The van der Waals surface area contributed by atoms with Gasteiger partial charge in [0, 0.05) is 19.0 Å². The van der Waals surface area contributed by atoms with Crippen molar-refractivity contribution >= 4 is 5.84 Å². The van der Waals surface area contributed by atoms with E-state index in [-0.39, 0.29) is 5.84 Å². The van der Waals surface area contributed by atoms with Crippen molar-refractivity contribution in [3.63, 3.8) is 0 Å². The van der Waals surface area contributed by atoms with Crippen LogP contribution in [-0.4, -0.2) is 30.8 Å². The molecule has 2 aromatic rings. The first kappa shape index (κ1) is 13.0. The molecule has 0 saturated heterocycles. The van der Waals surface area contributed by atoms with Crippen LogP contribution in [0.1, 0.15) is 31.2 Å². The summed E-state index contributed by atoms with van der Waals surface area (Å²) in [6.45, 7) is 3.99. The molecule has 0 fully saturated rings. The van der Waals surface area contributed by atoms with E-state index in [2.05, 4.69) is 20.2 Å². The molecular formula is C12H16N6O. The largest absolute Gasteiger partial charge is 0.409 e. The lowest BCUT2D eigenvalue weighted by atomic mass is 10.2. The van der Waals surface area contributed by atoms with Gasteiger partial charge in [-0.25, -0.2) is 9.67 Å². The highest BCUT2D eigenvalue weighted by Gasteiger charge is 2.15. The summed E-state index contributed by atoms with van der Waals surface area (Å²) in [6.07, 6.45) is 3.07. The predicted octanol–water partition coefficient (Wildman–Crippen LogP) is 0.882. The summed E-state index contributed by atoms with van der Waals surface area (Å²) in [7, 11) is 0. The maximum absolute atomic E-state index is 8.82. The third-order valence-corrected chi connectivity index (χ3v) is 2.72. The molecule has 0 atom stereocenters. The molecule has 7 nitrogen and oxygen atoms in total. The molecule has 3 N–H and O–H groups in total. The summed E-state index contributed by atoms with van der Waals surface area (Å²) in [6, 6.07) is 3.59. The Balaban J connectivity index is 2.61. The number of aryl methyl sites for hydroxylation is 2. The highest BCUT2D eigenvalue weighted by atomic mass is 16.4. The normalized spacial score (nSPS) is 11.8. The van der Waals surface area contributed by atoms with Gasteiger partial charge >= 0.3 is 0 Å². The Labute approximate surface area is 110 Å². The zero-order valence-corrected chi connectivity index (χ0v) is 10.9. The minimum absolute atomic E-state index is 0.0498. The van der Waals surface area contributed by atoms with Crippen LogP contribution >= 0.6 is 0 Å². The van der Waals surface area contributed by atoms with Gasteiger partial charge in [0.05, 0.1) is 5.69 Å². The number of aromatic nitrogens is 4. The summed E-state index contributed by atoms with van der Waals surface area (Å²) >= 11 is 0. The average Bonchev–Trinajstić information content (AvgIpc) is 2.89. The van der Waals surface area contributed by atoms with E-state index in [1.165, 1.54) is 0 Å². The van der Waals surface area contributed by atoms with Gasteiger partial charge in [-0.2, -0.15) is 5.10 Å². The molecule has 0 unspecified atom stereocenters. The topological polar surface area (TPSA) is 102 Å². The number of oxime groups is 1. The number of rotatable bonds is 4. The molecule has 100 valence electrons. The van der Waals surface area contributed by atoms with Crippen molar-refractivity contribution in [3.05, 3.63) is 35.7 Å². The molecule has 0 radical (unpaired) electrons. The third kappa shape index (κ3) is 2.40. The van der Waals surface area contributed by atoms with E-state index >= 15 is 0 Å². The smallest absolute Gasteiger partial charge is 0.190 e. The van der Waals surface area contributed by atoms with Crippen molar-refractivity contribution in [2.45, 2.75) is 26.7 Å². The Hall–Kier alpha value is -2.44. The lowest BCUT2D eigenvalue weighted by molar-refractivity contribution is 0.318. The Morgan fingerprint density at radius 3 is 2.84 bits per heavy atom. The zero-order valence-electron chi connectivity index (χ0n) is 10.9. The fourth-order valence-electron chi connectivity index (χ4n) is 1.78. The van der Waals surface area contributed by atoms with Gasteiger partial charge in [0.15, 0.2) is 11.7 Å². The van der Waals surface area contributed by atoms with Gasteiger partial charge in [0.25, 0.3) is 0 Å². The van der Waals surface area contributed by atoms with Crippen LogP contribution < -0.4 is 5.73 Å². The van der Waals surface area contributed by atoms with E-state index < -0.39 is 0 Å². The monoisotopic (exact) mass is 260 g/mol. The number of amidine groups is 1. The zero-order chi connectivity index (χ0) is 13.8. The van der Waals surface area contributed by atoms with Crippen LogP contribution in [0.2, 0.25) is 0 Å². The first-order chi connectivity index (χ1) is 9.21. The Morgan fingerprint density at radius 2 is 2.21 bits per heavy atom. The van der Waals surface area contributed by atoms with Crippen LogP contribution in [-0.2, 0) is 12.8 Å². The third-order valence-electron chi connectivity index (χ3n) is 2.72. The van der Waals surface area contributed by atoms with Gasteiger partial charge in [-0.15, -0.1) is 0 Å². The molecular weight excluding hydrogens is 244 g/mol. The summed E-state index contributed by atoms with van der Waals surface area (Å²) in [5.41, 5.74) is 6.68. The Kier molecular flexibility index (Phi) is 3.74.